The number of nitro benzene ring substituents is 1. The molecule has 1 aromatic rings. The maximum Gasteiger partial charge on any atom is 0.326 e. The molecule has 22 heavy (non-hydrogen) atoms. The first kappa shape index (κ1) is 18.0. The predicted molar refractivity (Wildman–Crippen MR) is 83.3 cm³/mol. The molecule has 1 amide bonds. The van der Waals surface area contributed by atoms with Gasteiger partial charge in [0.25, 0.3) is 11.6 Å². The lowest BCUT2D eigenvalue weighted by molar-refractivity contribution is -0.384. The van der Waals surface area contributed by atoms with E-state index in [9.17, 15) is 19.7 Å². The smallest absolute Gasteiger partial charge is 0.326 e. The fourth-order valence-corrected chi connectivity index (χ4v) is 2.65. The van der Waals surface area contributed by atoms with Gasteiger partial charge in [0.15, 0.2) is 0 Å². The van der Waals surface area contributed by atoms with Gasteiger partial charge in [-0.1, -0.05) is 20.3 Å². The number of hydrogen-bond donors (Lipinski definition) is 2. The van der Waals surface area contributed by atoms with Crippen molar-refractivity contribution in [3.8, 4) is 0 Å². The predicted octanol–water partition coefficient (Wildman–Crippen LogP) is 2.69. The van der Waals surface area contributed by atoms with Crippen LogP contribution in [-0.4, -0.2) is 33.7 Å². The van der Waals surface area contributed by atoms with Crippen molar-refractivity contribution in [3.63, 3.8) is 0 Å². The van der Waals surface area contributed by atoms with Crippen molar-refractivity contribution >= 4 is 29.3 Å². The molecule has 0 spiro atoms. The van der Waals surface area contributed by atoms with Gasteiger partial charge in [0.1, 0.15) is 6.04 Å². The number of benzene rings is 1. The monoisotopic (exact) mass is 326 g/mol. The van der Waals surface area contributed by atoms with E-state index in [-0.39, 0.29) is 11.3 Å². The number of hydrogen-bond acceptors (Lipinski definition) is 5. The van der Waals surface area contributed by atoms with Crippen LogP contribution in [0.1, 0.15) is 37.0 Å². The molecule has 1 rings (SSSR count). The lowest BCUT2D eigenvalue weighted by atomic mass is 10.1. The van der Waals surface area contributed by atoms with Gasteiger partial charge < -0.3 is 10.4 Å². The Kier molecular flexibility index (Phi) is 6.84. The van der Waals surface area contributed by atoms with Gasteiger partial charge in [-0.15, -0.1) is 11.8 Å². The molecule has 8 heteroatoms. The molecule has 0 heterocycles. The Balaban J connectivity index is 3.10. The first-order valence-electron chi connectivity index (χ1n) is 6.85. The molecule has 0 aliphatic rings. The zero-order valence-electron chi connectivity index (χ0n) is 12.4. The van der Waals surface area contributed by atoms with Crippen LogP contribution in [-0.2, 0) is 4.79 Å². The Morgan fingerprint density at radius 2 is 2.09 bits per heavy atom. The summed E-state index contributed by atoms with van der Waals surface area (Å²) in [5, 5.41) is 22.4. The summed E-state index contributed by atoms with van der Waals surface area (Å²) in [7, 11) is 0. The molecule has 0 aliphatic heterocycles. The zero-order valence-corrected chi connectivity index (χ0v) is 13.2. The van der Waals surface area contributed by atoms with E-state index >= 15 is 0 Å². The van der Waals surface area contributed by atoms with Gasteiger partial charge in [-0.3, -0.25) is 14.9 Å². The normalized spacial score (nSPS) is 11.7. The minimum absolute atomic E-state index is 0.128. The van der Waals surface area contributed by atoms with E-state index in [1.807, 2.05) is 13.8 Å². The number of nitrogens with one attached hydrogen (secondary N) is 1. The number of amides is 1. The molecule has 1 unspecified atom stereocenters. The third-order valence-corrected chi connectivity index (χ3v) is 3.85. The fourth-order valence-electron chi connectivity index (χ4n) is 1.87. The minimum Gasteiger partial charge on any atom is -0.480 e. The summed E-state index contributed by atoms with van der Waals surface area (Å²) in [6, 6.07) is 3.01. The molecular formula is C14H18N2O5S. The standard InChI is InChI=1S/C14H18N2O5S/c1-3-5-11(14(18)19)15-13(17)10-8-9(16(20)21)6-7-12(10)22-4-2/h6-8,11H,3-5H2,1-2H3,(H,15,17)(H,18,19). The molecule has 1 aromatic carbocycles. The van der Waals surface area contributed by atoms with Gasteiger partial charge in [0.2, 0.25) is 0 Å². The van der Waals surface area contributed by atoms with Crippen molar-refractivity contribution in [2.75, 3.05) is 5.75 Å². The SMILES string of the molecule is CCCC(NC(=O)c1cc([N+](=O)[O-])ccc1SCC)C(=O)O. The van der Waals surface area contributed by atoms with Crippen molar-refractivity contribution in [2.24, 2.45) is 0 Å². The highest BCUT2D eigenvalue weighted by atomic mass is 32.2. The largest absolute Gasteiger partial charge is 0.480 e. The van der Waals surface area contributed by atoms with Crippen molar-refractivity contribution < 1.29 is 19.6 Å². The Labute approximate surface area is 132 Å². The van der Waals surface area contributed by atoms with E-state index in [4.69, 9.17) is 5.11 Å². The van der Waals surface area contributed by atoms with E-state index in [1.54, 1.807) is 0 Å². The highest BCUT2D eigenvalue weighted by Gasteiger charge is 2.23. The van der Waals surface area contributed by atoms with E-state index < -0.39 is 22.8 Å². The molecule has 1 atom stereocenters. The molecule has 120 valence electrons. The second-order valence-electron chi connectivity index (χ2n) is 4.52. The van der Waals surface area contributed by atoms with Crippen LogP contribution in [0, 0.1) is 10.1 Å². The number of non-ortho nitro benzene ring substituents is 1. The van der Waals surface area contributed by atoms with Gasteiger partial charge in [-0.25, -0.2) is 4.79 Å². The second kappa shape index (κ2) is 8.38. The first-order chi connectivity index (χ1) is 10.4. The Hall–Kier alpha value is -2.09. The molecule has 0 bridgehead atoms. The Morgan fingerprint density at radius 1 is 1.41 bits per heavy atom. The number of aliphatic carboxylic acids is 1. The number of carbonyl (C=O) groups excluding carboxylic acids is 1. The Bertz CT molecular complexity index is 576. The summed E-state index contributed by atoms with van der Waals surface area (Å²) in [6.07, 6.45) is 0.898. The van der Waals surface area contributed by atoms with Crippen molar-refractivity contribution in [2.45, 2.75) is 37.6 Å². The topological polar surface area (TPSA) is 110 Å². The summed E-state index contributed by atoms with van der Waals surface area (Å²) >= 11 is 1.37. The number of nitro groups is 1. The number of nitrogens with zero attached hydrogens (tertiary/aromatic N) is 1. The second-order valence-corrected chi connectivity index (χ2v) is 5.83. The summed E-state index contributed by atoms with van der Waals surface area (Å²) in [4.78, 5) is 34.3. The van der Waals surface area contributed by atoms with E-state index in [0.717, 1.165) is 0 Å². The number of carboxylic acids is 1. The average molecular weight is 326 g/mol. The highest BCUT2D eigenvalue weighted by Crippen LogP contribution is 2.26. The molecule has 0 aromatic heterocycles. The van der Waals surface area contributed by atoms with Crippen LogP contribution in [0.15, 0.2) is 23.1 Å². The van der Waals surface area contributed by atoms with Crippen molar-refractivity contribution in [1.82, 2.24) is 5.32 Å². The molecule has 2 N–H and O–H groups in total. The van der Waals surface area contributed by atoms with Gasteiger partial charge in [-0.05, 0) is 18.2 Å². The molecule has 0 saturated carbocycles. The van der Waals surface area contributed by atoms with E-state index in [1.165, 1.54) is 30.0 Å². The van der Waals surface area contributed by atoms with Crippen LogP contribution in [0.4, 0.5) is 5.69 Å². The zero-order chi connectivity index (χ0) is 16.7. The quantitative estimate of drug-likeness (QED) is 0.432. The first-order valence-corrected chi connectivity index (χ1v) is 7.84. The van der Waals surface area contributed by atoms with Crippen molar-refractivity contribution in [1.29, 1.82) is 0 Å². The van der Waals surface area contributed by atoms with Gasteiger partial charge in [0.05, 0.1) is 10.5 Å². The van der Waals surface area contributed by atoms with Crippen LogP contribution >= 0.6 is 11.8 Å². The van der Waals surface area contributed by atoms with Crippen molar-refractivity contribution in [3.05, 3.63) is 33.9 Å². The minimum atomic E-state index is -1.12. The molecule has 0 saturated heterocycles. The van der Waals surface area contributed by atoms with E-state index in [0.29, 0.717) is 23.5 Å². The summed E-state index contributed by atoms with van der Waals surface area (Å²) in [5.74, 6) is -1.04. The maximum absolute atomic E-state index is 12.3. The van der Waals surface area contributed by atoms with E-state index in [2.05, 4.69) is 5.32 Å². The van der Waals surface area contributed by atoms with Crippen LogP contribution in [0.25, 0.3) is 0 Å². The van der Waals surface area contributed by atoms with Gasteiger partial charge in [-0.2, -0.15) is 0 Å². The maximum atomic E-state index is 12.3. The summed E-state index contributed by atoms with van der Waals surface area (Å²) in [5.41, 5.74) is -0.0728. The third-order valence-electron chi connectivity index (χ3n) is 2.90. The molecule has 0 aliphatic carbocycles. The Morgan fingerprint density at radius 3 is 2.59 bits per heavy atom. The lowest BCUT2D eigenvalue weighted by Gasteiger charge is -2.15. The third kappa shape index (κ3) is 4.73. The number of carbonyl (C=O) groups is 2. The summed E-state index contributed by atoms with van der Waals surface area (Å²) in [6.45, 7) is 3.71. The van der Waals surface area contributed by atoms with Gasteiger partial charge >= 0.3 is 5.97 Å². The molecule has 0 fully saturated rings. The van der Waals surface area contributed by atoms with Crippen LogP contribution < -0.4 is 5.32 Å². The molecule has 7 nitrogen and oxygen atoms in total. The molecule has 0 radical (unpaired) electrons. The van der Waals surface area contributed by atoms with Crippen LogP contribution in [0.5, 0.6) is 0 Å². The van der Waals surface area contributed by atoms with Crippen LogP contribution in [0.2, 0.25) is 0 Å². The fraction of sp³-hybridized carbons (Fsp3) is 0.429. The summed E-state index contributed by atoms with van der Waals surface area (Å²) < 4.78 is 0. The highest BCUT2D eigenvalue weighted by molar-refractivity contribution is 7.99. The number of thioether (sulfide) groups is 1. The average Bonchev–Trinajstić information content (AvgIpc) is 2.47. The van der Waals surface area contributed by atoms with Gasteiger partial charge in [0, 0.05) is 17.0 Å². The van der Waals surface area contributed by atoms with Crippen LogP contribution in [0.3, 0.4) is 0 Å². The number of carboxylic acid groups (broad SMARTS) is 1. The molecular weight excluding hydrogens is 308 g/mol. The lowest BCUT2D eigenvalue weighted by Crippen LogP contribution is -2.40. The number of rotatable bonds is 8.